The van der Waals surface area contributed by atoms with Gasteiger partial charge < -0.3 is 0 Å². The minimum atomic E-state index is -4.24. The van der Waals surface area contributed by atoms with Crippen molar-refractivity contribution in [3.63, 3.8) is 0 Å². The number of hydrogen-bond donors (Lipinski definition) is 0. The quantitative estimate of drug-likeness (QED) is 0.765. The SMILES string of the molecule is CC1CC(C)N1Cc1ccc(C(F)(F)F)cc1. The number of hydrogen-bond acceptors (Lipinski definition) is 1. The predicted molar refractivity (Wildman–Crippen MR) is 60.5 cm³/mol. The van der Waals surface area contributed by atoms with E-state index in [0.29, 0.717) is 12.1 Å². The van der Waals surface area contributed by atoms with Gasteiger partial charge in [0.05, 0.1) is 5.56 Å². The monoisotopic (exact) mass is 243 g/mol. The molecule has 94 valence electrons. The van der Waals surface area contributed by atoms with Gasteiger partial charge in [0.15, 0.2) is 0 Å². The summed E-state index contributed by atoms with van der Waals surface area (Å²) >= 11 is 0. The second-order valence-corrected chi connectivity index (χ2v) is 4.80. The van der Waals surface area contributed by atoms with E-state index in [-0.39, 0.29) is 0 Å². The molecule has 1 aromatic carbocycles. The second kappa shape index (κ2) is 4.33. The maximum absolute atomic E-state index is 12.4. The van der Waals surface area contributed by atoms with Gasteiger partial charge in [-0.05, 0) is 38.0 Å². The number of rotatable bonds is 2. The van der Waals surface area contributed by atoms with E-state index >= 15 is 0 Å². The molecule has 1 saturated heterocycles. The smallest absolute Gasteiger partial charge is 0.294 e. The van der Waals surface area contributed by atoms with Gasteiger partial charge in [0, 0.05) is 18.6 Å². The number of nitrogens with zero attached hydrogens (tertiary/aromatic N) is 1. The van der Waals surface area contributed by atoms with Crippen LogP contribution in [0.15, 0.2) is 24.3 Å². The fourth-order valence-corrected chi connectivity index (χ4v) is 2.38. The number of benzene rings is 1. The molecule has 2 unspecified atom stereocenters. The van der Waals surface area contributed by atoms with E-state index < -0.39 is 11.7 Å². The first kappa shape index (κ1) is 12.4. The van der Waals surface area contributed by atoms with Crippen LogP contribution in [0.1, 0.15) is 31.4 Å². The lowest BCUT2D eigenvalue weighted by Gasteiger charge is -2.45. The minimum Gasteiger partial charge on any atom is -0.294 e. The first-order chi connectivity index (χ1) is 7.88. The number of halogens is 3. The molecular weight excluding hydrogens is 227 g/mol. The van der Waals surface area contributed by atoms with Crippen molar-refractivity contribution >= 4 is 0 Å². The van der Waals surface area contributed by atoms with E-state index in [0.717, 1.165) is 24.2 Å². The van der Waals surface area contributed by atoms with Crippen molar-refractivity contribution in [3.05, 3.63) is 35.4 Å². The zero-order valence-electron chi connectivity index (χ0n) is 9.96. The van der Waals surface area contributed by atoms with Crippen molar-refractivity contribution in [2.45, 2.75) is 45.1 Å². The Kier molecular flexibility index (Phi) is 3.17. The van der Waals surface area contributed by atoms with Crippen molar-refractivity contribution in [2.75, 3.05) is 0 Å². The van der Waals surface area contributed by atoms with Crippen LogP contribution in [-0.4, -0.2) is 17.0 Å². The van der Waals surface area contributed by atoms with E-state index in [9.17, 15) is 13.2 Å². The van der Waals surface area contributed by atoms with Gasteiger partial charge in [-0.1, -0.05) is 12.1 Å². The summed E-state index contributed by atoms with van der Waals surface area (Å²) in [5.41, 5.74) is 0.363. The molecule has 0 saturated carbocycles. The van der Waals surface area contributed by atoms with Crippen LogP contribution in [0.4, 0.5) is 13.2 Å². The Morgan fingerprint density at radius 2 is 1.65 bits per heavy atom. The highest BCUT2D eigenvalue weighted by Crippen LogP contribution is 2.30. The summed E-state index contributed by atoms with van der Waals surface area (Å²) in [5, 5.41) is 0. The van der Waals surface area contributed by atoms with Crippen molar-refractivity contribution < 1.29 is 13.2 Å². The van der Waals surface area contributed by atoms with E-state index in [1.807, 2.05) is 0 Å². The van der Waals surface area contributed by atoms with E-state index in [1.165, 1.54) is 6.42 Å². The predicted octanol–water partition coefficient (Wildman–Crippen LogP) is 3.69. The van der Waals surface area contributed by atoms with Gasteiger partial charge in [-0.15, -0.1) is 0 Å². The Bertz CT molecular complexity index is 375. The average Bonchev–Trinajstić information content (AvgIpc) is 2.26. The van der Waals surface area contributed by atoms with Crippen LogP contribution in [0, 0.1) is 0 Å². The van der Waals surface area contributed by atoms with Gasteiger partial charge in [-0.3, -0.25) is 4.90 Å². The zero-order valence-corrected chi connectivity index (χ0v) is 9.96. The van der Waals surface area contributed by atoms with E-state index in [4.69, 9.17) is 0 Å². The number of likely N-dealkylation sites (tertiary alicyclic amines) is 1. The summed E-state index contributed by atoms with van der Waals surface area (Å²) in [7, 11) is 0. The molecule has 0 amide bonds. The molecular formula is C13H16F3N. The Balaban J connectivity index is 2.04. The molecule has 1 fully saturated rings. The fraction of sp³-hybridized carbons (Fsp3) is 0.538. The Labute approximate surface area is 99.2 Å². The van der Waals surface area contributed by atoms with E-state index in [2.05, 4.69) is 18.7 Å². The molecule has 0 aromatic heterocycles. The van der Waals surface area contributed by atoms with Crippen molar-refractivity contribution in [3.8, 4) is 0 Å². The Morgan fingerprint density at radius 3 is 2.06 bits per heavy atom. The third kappa shape index (κ3) is 2.63. The van der Waals surface area contributed by atoms with Crippen LogP contribution in [0.5, 0.6) is 0 Å². The molecule has 2 atom stereocenters. The van der Waals surface area contributed by atoms with Gasteiger partial charge in [0.1, 0.15) is 0 Å². The van der Waals surface area contributed by atoms with Gasteiger partial charge in [0.2, 0.25) is 0 Å². The summed E-state index contributed by atoms with van der Waals surface area (Å²) < 4.78 is 37.1. The molecule has 0 radical (unpaired) electrons. The lowest BCUT2D eigenvalue weighted by Crippen LogP contribution is -2.51. The molecule has 1 nitrogen and oxygen atoms in total. The molecule has 1 aliphatic heterocycles. The second-order valence-electron chi connectivity index (χ2n) is 4.80. The first-order valence-electron chi connectivity index (χ1n) is 5.80. The third-order valence-electron chi connectivity index (χ3n) is 3.46. The molecule has 0 spiro atoms. The molecule has 17 heavy (non-hydrogen) atoms. The third-order valence-corrected chi connectivity index (χ3v) is 3.46. The summed E-state index contributed by atoms with van der Waals surface area (Å²) in [5.74, 6) is 0. The zero-order chi connectivity index (χ0) is 12.6. The highest BCUT2D eigenvalue weighted by atomic mass is 19.4. The Morgan fingerprint density at radius 1 is 1.12 bits per heavy atom. The average molecular weight is 243 g/mol. The van der Waals surface area contributed by atoms with Crippen LogP contribution in [-0.2, 0) is 12.7 Å². The summed E-state index contributed by atoms with van der Waals surface area (Å²) in [6.45, 7) is 5.02. The first-order valence-corrected chi connectivity index (χ1v) is 5.80. The van der Waals surface area contributed by atoms with Crippen LogP contribution in [0.25, 0.3) is 0 Å². The highest BCUT2D eigenvalue weighted by molar-refractivity contribution is 5.24. The van der Waals surface area contributed by atoms with Crippen LogP contribution in [0.3, 0.4) is 0 Å². The molecule has 4 heteroatoms. The van der Waals surface area contributed by atoms with Crippen LogP contribution in [0.2, 0.25) is 0 Å². The molecule has 1 heterocycles. The lowest BCUT2D eigenvalue weighted by atomic mass is 9.94. The molecule has 0 bridgehead atoms. The highest BCUT2D eigenvalue weighted by Gasteiger charge is 2.32. The minimum absolute atomic E-state index is 0.535. The largest absolute Gasteiger partial charge is 0.416 e. The summed E-state index contributed by atoms with van der Waals surface area (Å²) in [6, 6.07) is 6.52. The molecule has 2 rings (SSSR count). The van der Waals surface area contributed by atoms with Crippen LogP contribution >= 0.6 is 0 Å². The van der Waals surface area contributed by atoms with E-state index in [1.54, 1.807) is 12.1 Å². The van der Waals surface area contributed by atoms with Crippen molar-refractivity contribution in [1.29, 1.82) is 0 Å². The van der Waals surface area contributed by atoms with Crippen molar-refractivity contribution in [2.24, 2.45) is 0 Å². The molecule has 1 aromatic rings. The maximum atomic E-state index is 12.4. The fourth-order valence-electron chi connectivity index (χ4n) is 2.38. The summed E-state index contributed by atoms with van der Waals surface area (Å²) in [6.07, 6.45) is -3.07. The summed E-state index contributed by atoms with van der Waals surface area (Å²) in [4.78, 5) is 2.29. The van der Waals surface area contributed by atoms with Gasteiger partial charge in [-0.2, -0.15) is 13.2 Å². The molecule has 0 aliphatic carbocycles. The normalized spacial score (nSPS) is 25.7. The standard InChI is InChI=1S/C13H16F3N/c1-9-7-10(2)17(9)8-11-3-5-12(6-4-11)13(14,15)16/h3-6,9-10H,7-8H2,1-2H3. The maximum Gasteiger partial charge on any atom is 0.416 e. The number of alkyl halides is 3. The Hall–Kier alpha value is -1.03. The molecule has 1 aliphatic rings. The van der Waals surface area contributed by atoms with Gasteiger partial charge in [-0.25, -0.2) is 0 Å². The topological polar surface area (TPSA) is 3.24 Å². The van der Waals surface area contributed by atoms with Crippen molar-refractivity contribution in [1.82, 2.24) is 4.90 Å². The van der Waals surface area contributed by atoms with Gasteiger partial charge >= 0.3 is 6.18 Å². The van der Waals surface area contributed by atoms with Crippen LogP contribution < -0.4 is 0 Å². The molecule has 0 N–H and O–H groups in total. The van der Waals surface area contributed by atoms with Gasteiger partial charge in [0.25, 0.3) is 0 Å². The lowest BCUT2D eigenvalue weighted by molar-refractivity contribution is -0.137.